The number of nitrogens with zero attached hydrogens (tertiary/aromatic N) is 2. The van der Waals surface area contributed by atoms with Crippen molar-refractivity contribution in [2.24, 2.45) is 0 Å². The largest absolute Gasteiger partial charge is 0.156 e. The maximum absolute atomic E-state index is 5.45. The van der Waals surface area contributed by atoms with Gasteiger partial charge in [-0.1, -0.05) is 17.5 Å². The van der Waals surface area contributed by atoms with E-state index in [-0.39, 0.29) is 0 Å². The van der Waals surface area contributed by atoms with E-state index in [0.29, 0.717) is 10.7 Å². The summed E-state index contributed by atoms with van der Waals surface area (Å²) in [5.41, 5.74) is 0.648. The fourth-order valence-corrected chi connectivity index (χ4v) is 0.581. The van der Waals surface area contributed by atoms with Crippen LogP contribution >= 0.6 is 11.6 Å². The summed E-state index contributed by atoms with van der Waals surface area (Å²) in [4.78, 5) is 0. The van der Waals surface area contributed by atoms with E-state index in [1.165, 1.54) is 6.20 Å². The number of rotatable bonds is 0. The average Bonchev–Trinajstić information content (AvgIpc) is 1.88. The lowest BCUT2D eigenvalue weighted by molar-refractivity contribution is 1.03. The van der Waals surface area contributed by atoms with Crippen molar-refractivity contribution in [3.05, 3.63) is 23.0 Å². The maximum Gasteiger partial charge on any atom is 0.152 e. The topological polar surface area (TPSA) is 25.8 Å². The summed E-state index contributed by atoms with van der Waals surface area (Å²) < 4.78 is 0. The van der Waals surface area contributed by atoms with Crippen molar-refractivity contribution in [2.75, 3.05) is 0 Å². The third-order valence-corrected chi connectivity index (χ3v) is 0.976. The zero-order valence-corrected chi connectivity index (χ0v) is 5.26. The molecule has 0 aliphatic rings. The molecule has 0 spiro atoms. The average molecular weight is 139 g/mol. The lowest BCUT2D eigenvalue weighted by Crippen LogP contribution is -1.82. The predicted octanol–water partition coefficient (Wildman–Crippen LogP) is 1.11. The van der Waals surface area contributed by atoms with Crippen molar-refractivity contribution >= 4 is 11.6 Å². The van der Waals surface area contributed by atoms with E-state index in [1.54, 1.807) is 6.07 Å². The predicted molar refractivity (Wildman–Crippen MR) is 35.0 cm³/mol. The third-order valence-electron chi connectivity index (χ3n) is 0.791. The van der Waals surface area contributed by atoms with Gasteiger partial charge in [-0.3, -0.25) is 0 Å². The Bertz CT molecular complexity index is 251. The molecular formula is C6H3ClN2. The van der Waals surface area contributed by atoms with E-state index < -0.39 is 0 Å². The number of halogens is 1. The standard InChI is InChI=1S/C6H3ClN2/c1-2-5-3-6(7)9-8-4-5/h1,3-4H. The van der Waals surface area contributed by atoms with Gasteiger partial charge in [-0.05, 0) is 6.07 Å². The Hall–Kier alpha value is -1.07. The third kappa shape index (κ3) is 1.41. The molecule has 0 atom stereocenters. The lowest BCUT2D eigenvalue weighted by atomic mass is 10.3. The summed E-state index contributed by atoms with van der Waals surface area (Å²) in [7, 11) is 0. The fourth-order valence-electron chi connectivity index (χ4n) is 0.420. The highest BCUT2D eigenvalue weighted by Crippen LogP contribution is 2.02. The highest BCUT2D eigenvalue weighted by atomic mass is 35.5. The monoisotopic (exact) mass is 138 g/mol. The summed E-state index contributed by atoms with van der Waals surface area (Å²) >= 11 is 5.45. The van der Waals surface area contributed by atoms with E-state index in [9.17, 15) is 0 Å². The van der Waals surface area contributed by atoms with Gasteiger partial charge in [0.25, 0.3) is 0 Å². The molecule has 0 amide bonds. The van der Waals surface area contributed by atoms with Gasteiger partial charge in [0.1, 0.15) is 0 Å². The summed E-state index contributed by atoms with van der Waals surface area (Å²) in [6.45, 7) is 0. The molecule has 0 N–H and O–H groups in total. The van der Waals surface area contributed by atoms with Crippen LogP contribution in [0.3, 0.4) is 0 Å². The Morgan fingerprint density at radius 2 is 2.44 bits per heavy atom. The first-order valence-electron chi connectivity index (χ1n) is 2.28. The van der Waals surface area contributed by atoms with Crippen LogP contribution in [0.1, 0.15) is 5.56 Å². The summed E-state index contributed by atoms with van der Waals surface area (Å²) in [5.74, 6) is 2.38. The fraction of sp³-hybridized carbons (Fsp3) is 0. The summed E-state index contributed by atoms with van der Waals surface area (Å²) in [6.07, 6.45) is 6.52. The smallest absolute Gasteiger partial charge is 0.152 e. The van der Waals surface area contributed by atoms with Gasteiger partial charge < -0.3 is 0 Å². The Morgan fingerprint density at radius 1 is 1.67 bits per heavy atom. The van der Waals surface area contributed by atoms with Crippen molar-refractivity contribution in [1.82, 2.24) is 10.2 Å². The number of terminal acetylenes is 1. The minimum absolute atomic E-state index is 0.324. The van der Waals surface area contributed by atoms with Gasteiger partial charge in [0, 0.05) is 5.56 Å². The maximum atomic E-state index is 5.45. The zero-order chi connectivity index (χ0) is 6.69. The normalized spacial score (nSPS) is 8.44. The van der Waals surface area contributed by atoms with E-state index in [2.05, 4.69) is 16.1 Å². The van der Waals surface area contributed by atoms with Gasteiger partial charge in [0.05, 0.1) is 6.20 Å². The van der Waals surface area contributed by atoms with Crippen LogP contribution in [0.2, 0.25) is 5.15 Å². The Morgan fingerprint density at radius 3 is 2.89 bits per heavy atom. The molecule has 1 heterocycles. The second-order valence-corrected chi connectivity index (χ2v) is 1.80. The molecule has 0 radical (unpaired) electrons. The van der Waals surface area contributed by atoms with Gasteiger partial charge in [-0.15, -0.1) is 11.5 Å². The van der Waals surface area contributed by atoms with Gasteiger partial charge in [0.15, 0.2) is 5.15 Å². The molecule has 9 heavy (non-hydrogen) atoms. The Kier molecular flexibility index (Phi) is 1.66. The van der Waals surface area contributed by atoms with E-state index in [1.807, 2.05) is 0 Å². The second-order valence-electron chi connectivity index (χ2n) is 1.41. The van der Waals surface area contributed by atoms with Crippen LogP contribution in [-0.2, 0) is 0 Å². The molecule has 0 unspecified atom stereocenters. The first-order valence-corrected chi connectivity index (χ1v) is 2.65. The molecule has 0 fully saturated rings. The summed E-state index contributed by atoms with van der Waals surface area (Å²) in [6, 6.07) is 1.58. The number of hydrogen-bond donors (Lipinski definition) is 0. The van der Waals surface area contributed by atoms with Gasteiger partial charge in [-0.2, -0.15) is 5.10 Å². The van der Waals surface area contributed by atoms with Crippen LogP contribution < -0.4 is 0 Å². The van der Waals surface area contributed by atoms with Crippen LogP contribution in [0.25, 0.3) is 0 Å². The highest BCUT2D eigenvalue weighted by molar-refractivity contribution is 6.29. The van der Waals surface area contributed by atoms with Crippen molar-refractivity contribution < 1.29 is 0 Å². The Balaban J connectivity index is 3.12. The molecule has 0 aliphatic carbocycles. The molecule has 1 aromatic heterocycles. The van der Waals surface area contributed by atoms with Gasteiger partial charge >= 0.3 is 0 Å². The molecular weight excluding hydrogens is 136 g/mol. The zero-order valence-electron chi connectivity index (χ0n) is 4.50. The molecule has 0 aromatic carbocycles. The van der Waals surface area contributed by atoms with E-state index in [4.69, 9.17) is 18.0 Å². The molecule has 2 nitrogen and oxygen atoms in total. The van der Waals surface area contributed by atoms with E-state index >= 15 is 0 Å². The molecule has 44 valence electrons. The SMILES string of the molecule is C#Cc1cnnc(Cl)c1. The first kappa shape index (κ1) is 6.06. The molecule has 1 rings (SSSR count). The Labute approximate surface area is 57.9 Å². The number of hydrogen-bond acceptors (Lipinski definition) is 2. The van der Waals surface area contributed by atoms with Crippen LogP contribution in [0, 0.1) is 12.3 Å². The lowest BCUT2D eigenvalue weighted by Gasteiger charge is -1.86. The van der Waals surface area contributed by atoms with Gasteiger partial charge in [-0.25, -0.2) is 0 Å². The molecule has 0 bridgehead atoms. The quantitative estimate of drug-likeness (QED) is 0.502. The molecule has 0 saturated carbocycles. The molecule has 0 aliphatic heterocycles. The van der Waals surface area contributed by atoms with Crippen molar-refractivity contribution in [3.63, 3.8) is 0 Å². The molecule has 0 saturated heterocycles. The van der Waals surface area contributed by atoms with Crippen molar-refractivity contribution in [1.29, 1.82) is 0 Å². The van der Waals surface area contributed by atoms with Crippen LogP contribution in [0.4, 0.5) is 0 Å². The minimum Gasteiger partial charge on any atom is -0.156 e. The summed E-state index contributed by atoms with van der Waals surface area (Å²) in [5, 5.41) is 7.36. The first-order chi connectivity index (χ1) is 4.33. The molecule has 3 heteroatoms. The van der Waals surface area contributed by atoms with Crippen LogP contribution in [0.15, 0.2) is 12.3 Å². The molecule has 1 aromatic rings. The van der Waals surface area contributed by atoms with E-state index in [0.717, 1.165) is 0 Å². The highest BCUT2D eigenvalue weighted by Gasteiger charge is 1.88. The minimum atomic E-state index is 0.324. The van der Waals surface area contributed by atoms with Gasteiger partial charge in [0.2, 0.25) is 0 Å². The van der Waals surface area contributed by atoms with Crippen LogP contribution in [0.5, 0.6) is 0 Å². The van der Waals surface area contributed by atoms with Crippen LogP contribution in [-0.4, -0.2) is 10.2 Å². The van der Waals surface area contributed by atoms with Crippen molar-refractivity contribution in [3.8, 4) is 12.3 Å². The number of aromatic nitrogens is 2. The van der Waals surface area contributed by atoms with Crippen molar-refractivity contribution in [2.45, 2.75) is 0 Å². The second kappa shape index (κ2) is 2.47.